The number of amides is 2. The van der Waals surface area contributed by atoms with Crippen molar-refractivity contribution in [3.8, 4) is 5.75 Å². The maximum absolute atomic E-state index is 12.7. The molecule has 1 N–H and O–H groups in total. The van der Waals surface area contributed by atoms with Crippen molar-refractivity contribution in [3.05, 3.63) is 65.2 Å². The maximum atomic E-state index is 12.7. The quantitative estimate of drug-likeness (QED) is 0.884. The van der Waals surface area contributed by atoms with E-state index >= 15 is 0 Å². The molecule has 2 amide bonds. The topological polar surface area (TPSA) is 58.6 Å². The Morgan fingerprint density at radius 1 is 1.07 bits per heavy atom. The molecule has 0 unspecified atom stereocenters. The lowest BCUT2D eigenvalue weighted by molar-refractivity contribution is -0.126. The van der Waals surface area contributed by atoms with Gasteiger partial charge in [-0.25, -0.2) is 0 Å². The second kappa shape index (κ2) is 8.71. The minimum atomic E-state index is -0.0443. The second-order valence-electron chi connectivity index (χ2n) is 6.97. The second-order valence-corrected chi connectivity index (χ2v) is 6.97. The van der Waals surface area contributed by atoms with Gasteiger partial charge in [0.25, 0.3) is 5.91 Å². The standard InChI is InChI=1S/C22H26N2O3/c1-16-7-9-17(10-8-16)15-23-21(25)18-11-13-24(14-12-18)22(26)19-5-3-4-6-20(19)27-2/h3-10,18H,11-15H2,1-2H3,(H,23,25). The molecular weight excluding hydrogens is 340 g/mol. The molecule has 0 radical (unpaired) electrons. The minimum Gasteiger partial charge on any atom is -0.496 e. The number of para-hydroxylation sites is 1. The van der Waals surface area contributed by atoms with Crippen LogP contribution < -0.4 is 10.1 Å². The number of rotatable bonds is 5. The zero-order valence-corrected chi connectivity index (χ0v) is 15.9. The van der Waals surface area contributed by atoms with Crippen molar-refractivity contribution in [2.45, 2.75) is 26.3 Å². The van der Waals surface area contributed by atoms with Crippen molar-refractivity contribution >= 4 is 11.8 Å². The number of hydrogen-bond donors (Lipinski definition) is 1. The molecule has 3 rings (SSSR count). The summed E-state index contributed by atoms with van der Waals surface area (Å²) in [5.41, 5.74) is 2.87. The van der Waals surface area contributed by atoms with Gasteiger partial charge in [0.2, 0.25) is 5.91 Å². The van der Waals surface area contributed by atoms with E-state index < -0.39 is 0 Å². The molecule has 142 valence electrons. The van der Waals surface area contributed by atoms with E-state index in [1.807, 2.05) is 48.2 Å². The number of carbonyl (C=O) groups is 2. The highest BCUT2D eigenvalue weighted by molar-refractivity contribution is 5.97. The number of methoxy groups -OCH3 is 1. The van der Waals surface area contributed by atoms with Crippen molar-refractivity contribution in [1.29, 1.82) is 0 Å². The fourth-order valence-corrected chi connectivity index (χ4v) is 3.38. The first-order valence-electron chi connectivity index (χ1n) is 9.34. The molecule has 0 bridgehead atoms. The van der Waals surface area contributed by atoms with Crippen LogP contribution in [0.3, 0.4) is 0 Å². The van der Waals surface area contributed by atoms with E-state index in [1.54, 1.807) is 19.2 Å². The van der Waals surface area contributed by atoms with Crippen LogP contribution in [0.15, 0.2) is 48.5 Å². The molecule has 1 fully saturated rings. The first-order valence-corrected chi connectivity index (χ1v) is 9.34. The Labute approximate surface area is 160 Å². The summed E-state index contributed by atoms with van der Waals surface area (Å²) in [6, 6.07) is 15.4. The predicted molar refractivity (Wildman–Crippen MR) is 105 cm³/mol. The number of carbonyl (C=O) groups excluding carboxylic acids is 2. The summed E-state index contributed by atoms with van der Waals surface area (Å²) in [5.74, 6) is 0.573. The Bertz CT molecular complexity index is 793. The molecule has 0 aromatic heterocycles. The molecule has 1 heterocycles. The molecule has 1 aliphatic rings. The largest absolute Gasteiger partial charge is 0.496 e. The molecule has 2 aromatic rings. The van der Waals surface area contributed by atoms with E-state index in [4.69, 9.17) is 4.74 Å². The SMILES string of the molecule is COc1ccccc1C(=O)N1CCC(C(=O)NCc2ccc(C)cc2)CC1. The average Bonchev–Trinajstić information content (AvgIpc) is 2.72. The highest BCUT2D eigenvalue weighted by atomic mass is 16.5. The summed E-state index contributed by atoms with van der Waals surface area (Å²) in [5, 5.41) is 3.02. The van der Waals surface area contributed by atoms with Gasteiger partial charge in [0, 0.05) is 25.6 Å². The first kappa shape index (κ1) is 19.0. The number of hydrogen-bond acceptors (Lipinski definition) is 3. The van der Waals surface area contributed by atoms with Gasteiger partial charge in [-0.2, -0.15) is 0 Å². The molecule has 0 aliphatic carbocycles. The van der Waals surface area contributed by atoms with Gasteiger partial charge in [-0.3, -0.25) is 9.59 Å². The number of benzene rings is 2. The van der Waals surface area contributed by atoms with Crippen LogP contribution in [0.25, 0.3) is 0 Å². The van der Waals surface area contributed by atoms with Crippen LogP contribution in [-0.2, 0) is 11.3 Å². The van der Waals surface area contributed by atoms with Crippen LogP contribution in [0.5, 0.6) is 5.75 Å². The van der Waals surface area contributed by atoms with E-state index in [-0.39, 0.29) is 17.7 Å². The number of ether oxygens (including phenoxy) is 1. The van der Waals surface area contributed by atoms with Gasteiger partial charge in [0.05, 0.1) is 12.7 Å². The van der Waals surface area contributed by atoms with Crippen molar-refractivity contribution in [1.82, 2.24) is 10.2 Å². The Morgan fingerprint density at radius 3 is 2.41 bits per heavy atom. The summed E-state index contributed by atoms with van der Waals surface area (Å²) in [4.78, 5) is 27.0. The molecule has 5 nitrogen and oxygen atoms in total. The van der Waals surface area contributed by atoms with E-state index in [0.29, 0.717) is 43.8 Å². The number of piperidine rings is 1. The summed E-state index contributed by atoms with van der Waals surface area (Å²) >= 11 is 0. The van der Waals surface area contributed by atoms with Gasteiger partial charge >= 0.3 is 0 Å². The first-order chi connectivity index (χ1) is 13.1. The third-order valence-corrected chi connectivity index (χ3v) is 5.08. The molecule has 2 aromatic carbocycles. The molecule has 0 spiro atoms. The number of nitrogens with one attached hydrogen (secondary N) is 1. The molecule has 1 aliphatic heterocycles. The average molecular weight is 366 g/mol. The van der Waals surface area contributed by atoms with E-state index in [9.17, 15) is 9.59 Å². The third kappa shape index (κ3) is 4.67. The van der Waals surface area contributed by atoms with Crippen LogP contribution in [0.1, 0.15) is 34.3 Å². The smallest absolute Gasteiger partial charge is 0.257 e. The van der Waals surface area contributed by atoms with Gasteiger partial charge in [0.15, 0.2) is 0 Å². The van der Waals surface area contributed by atoms with Gasteiger partial charge in [0.1, 0.15) is 5.75 Å². The normalized spacial score (nSPS) is 14.7. The number of aryl methyl sites for hydroxylation is 1. The molecular formula is C22H26N2O3. The van der Waals surface area contributed by atoms with Crippen molar-refractivity contribution in [2.75, 3.05) is 20.2 Å². The van der Waals surface area contributed by atoms with Crippen LogP contribution >= 0.6 is 0 Å². The summed E-state index contributed by atoms with van der Waals surface area (Å²) in [6.07, 6.45) is 1.36. The molecule has 27 heavy (non-hydrogen) atoms. The molecule has 0 atom stereocenters. The fourth-order valence-electron chi connectivity index (χ4n) is 3.38. The van der Waals surface area contributed by atoms with Gasteiger partial charge < -0.3 is 15.0 Å². The van der Waals surface area contributed by atoms with Crippen molar-refractivity contribution in [2.24, 2.45) is 5.92 Å². The van der Waals surface area contributed by atoms with E-state index in [1.165, 1.54) is 5.56 Å². The van der Waals surface area contributed by atoms with Crippen LogP contribution in [0.4, 0.5) is 0 Å². The summed E-state index contributed by atoms with van der Waals surface area (Å²) in [7, 11) is 1.57. The summed E-state index contributed by atoms with van der Waals surface area (Å²) in [6.45, 7) is 3.75. The van der Waals surface area contributed by atoms with Crippen LogP contribution in [-0.4, -0.2) is 36.9 Å². The maximum Gasteiger partial charge on any atom is 0.257 e. The zero-order valence-electron chi connectivity index (χ0n) is 15.9. The van der Waals surface area contributed by atoms with Gasteiger partial charge in [-0.1, -0.05) is 42.0 Å². The monoisotopic (exact) mass is 366 g/mol. The Balaban J connectivity index is 1.51. The Kier molecular flexibility index (Phi) is 6.12. The number of nitrogens with zero attached hydrogens (tertiary/aromatic N) is 1. The van der Waals surface area contributed by atoms with Gasteiger partial charge in [-0.05, 0) is 37.5 Å². The molecule has 0 saturated carbocycles. The minimum absolute atomic E-state index is 0.0361. The third-order valence-electron chi connectivity index (χ3n) is 5.08. The van der Waals surface area contributed by atoms with Crippen LogP contribution in [0.2, 0.25) is 0 Å². The zero-order chi connectivity index (χ0) is 19.2. The predicted octanol–water partition coefficient (Wildman–Crippen LogP) is 3.17. The van der Waals surface area contributed by atoms with Crippen molar-refractivity contribution in [3.63, 3.8) is 0 Å². The van der Waals surface area contributed by atoms with Crippen LogP contribution in [0, 0.1) is 12.8 Å². The Hall–Kier alpha value is -2.82. The molecule has 1 saturated heterocycles. The lowest BCUT2D eigenvalue weighted by atomic mass is 9.95. The van der Waals surface area contributed by atoms with Crippen molar-refractivity contribution < 1.29 is 14.3 Å². The van der Waals surface area contributed by atoms with E-state index in [2.05, 4.69) is 5.32 Å². The van der Waals surface area contributed by atoms with E-state index in [0.717, 1.165) is 5.56 Å². The molecule has 5 heteroatoms. The number of likely N-dealkylation sites (tertiary alicyclic amines) is 1. The lowest BCUT2D eigenvalue weighted by Gasteiger charge is -2.31. The fraction of sp³-hybridized carbons (Fsp3) is 0.364. The Morgan fingerprint density at radius 2 is 1.74 bits per heavy atom. The lowest BCUT2D eigenvalue weighted by Crippen LogP contribution is -2.43. The van der Waals surface area contributed by atoms with Gasteiger partial charge in [-0.15, -0.1) is 0 Å². The highest BCUT2D eigenvalue weighted by Gasteiger charge is 2.28. The highest BCUT2D eigenvalue weighted by Crippen LogP contribution is 2.23. The summed E-state index contributed by atoms with van der Waals surface area (Å²) < 4.78 is 5.29.